The summed E-state index contributed by atoms with van der Waals surface area (Å²) >= 11 is 0. The number of fused-ring (bicyclic) bond motifs is 1. The fourth-order valence-electron chi connectivity index (χ4n) is 4.38. The van der Waals surface area contributed by atoms with Crippen molar-refractivity contribution in [2.75, 3.05) is 39.4 Å². The average molecular weight is 387 g/mol. The van der Waals surface area contributed by atoms with E-state index >= 15 is 0 Å². The lowest BCUT2D eigenvalue weighted by molar-refractivity contribution is -0.144. The maximum atomic E-state index is 12.6. The van der Waals surface area contributed by atoms with Crippen LogP contribution in [0, 0.1) is 5.41 Å². The van der Waals surface area contributed by atoms with Crippen molar-refractivity contribution in [3.63, 3.8) is 0 Å². The molecule has 0 aromatic heterocycles. The number of rotatable bonds is 3. The predicted molar refractivity (Wildman–Crippen MR) is 98.7 cm³/mol. The summed E-state index contributed by atoms with van der Waals surface area (Å²) in [5, 5.41) is 13.6. The first kappa shape index (κ1) is 18.9. The van der Waals surface area contributed by atoms with Crippen molar-refractivity contribution in [2.24, 2.45) is 5.41 Å². The zero-order valence-electron chi connectivity index (χ0n) is 15.8. The highest BCUT2D eigenvalue weighted by molar-refractivity contribution is 5.96. The number of hydrogen-bond acceptors (Lipinski definition) is 5. The number of carbonyl (C=O) groups excluding carboxylic acids is 3. The lowest BCUT2D eigenvalue weighted by atomic mass is 9.70. The van der Waals surface area contributed by atoms with E-state index in [1.807, 2.05) is 6.07 Å². The Hall–Kier alpha value is -2.45. The predicted octanol–water partition coefficient (Wildman–Crippen LogP) is 0.372. The Bertz CT molecular complexity index is 805. The molecule has 2 saturated heterocycles. The second-order valence-electron chi connectivity index (χ2n) is 7.80. The van der Waals surface area contributed by atoms with Gasteiger partial charge in [-0.25, -0.2) is 5.06 Å². The van der Waals surface area contributed by atoms with Crippen LogP contribution in [-0.4, -0.2) is 72.3 Å². The zero-order valence-corrected chi connectivity index (χ0v) is 15.8. The van der Waals surface area contributed by atoms with E-state index in [0.29, 0.717) is 49.9 Å². The van der Waals surface area contributed by atoms with Crippen LogP contribution in [0.25, 0.3) is 0 Å². The van der Waals surface area contributed by atoms with Crippen LogP contribution in [0.1, 0.15) is 34.3 Å². The Kier molecular flexibility index (Phi) is 5.07. The fraction of sp³-hybridized carbons (Fsp3) is 0.550. The van der Waals surface area contributed by atoms with Crippen molar-refractivity contribution in [1.29, 1.82) is 0 Å². The Morgan fingerprint density at radius 2 is 2.00 bits per heavy atom. The van der Waals surface area contributed by atoms with Crippen LogP contribution in [0.15, 0.2) is 18.2 Å². The molecule has 2 aliphatic heterocycles. The van der Waals surface area contributed by atoms with Gasteiger partial charge in [-0.3, -0.25) is 19.6 Å². The highest BCUT2D eigenvalue weighted by Gasteiger charge is 2.44. The Morgan fingerprint density at radius 1 is 1.21 bits per heavy atom. The number of benzene rings is 1. The number of hydrogen-bond donors (Lipinski definition) is 2. The standard InChI is InChI=1S/C20H25N3O5/c24-17(22-7-9-28-10-8-22)13-23(27)18(25)15-2-1-14-3-4-20(12-16(14)11-15)5-6-21-19(20)26/h1-2,11,27H,3-10,12-13H2,(H,21,26)/t20-/m0/s1. The summed E-state index contributed by atoms with van der Waals surface area (Å²) in [7, 11) is 0. The molecule has 28 heavy (non-hydrogen) atoms. The summed E-state index contributed by atoms with van der Waals surface area (Å²) in [4.78, 5) is 38.7. The summed E-state index contributed by atoms with van der Waals surface area (Å²) in [5.41, 5.74) is 2.06. The first-order valence-corrected chi connectivity index (χ1v) is 9.75. The number of morpholine rings is 1. The molecule has 1 spiro atoms. The van der Waals surface area contributed by atoms with E-state index in [0.717, 1.165) is 30.4 Å². The number of carbonyl (C=O) groups is 3. The average Bonchev–Trinajstić information content (AvgIpc) is 3.06. The van der Waals surface area contributed by atoms with Gasteiger partial charge in [0.15, 0.2) is 0 Å². The van der Waals surface area contributed by atoms with Crippen LogP contribution < -0.4 is 5.32 Å². The number of ether oxygens (including phenoxy) is 1. The normalized spacial score (nSPS) is 24.0. The molecule has 1 atom stereocenters. The summed E-state index contributed by atoms with van der Waals surface area (Å²) < 4.78 is 5.21. The summed E-state index contributed by atoms with van der Waals surface area (Å²) in [6, 6.07) is 5.32. The van der Waals surface area contributed by atoms with Gasteiger partial charge in [0, 0.05) is 25.2 Å². The third-order valence-corrected chi connectivity index (χ3v) is 6.11. The van der Waals surface area contributed by atoms with Gasteiger partial charge in [0.1, 0.15) is 6.54 Å². The molecule has 0 saturated carbocycles. The van der Waals surface area contributed by atoms with Gasteiger partial charge in [-0.15, -0.1) is 0 Å². The summed E-state index contributed by atoms with van der Waals surface area (Å²) in [5.74, 6) is -0.826. The number of aryl methyl sites for hydroxylation is 1. The fourth-order valence-corrected chi connectivity index (χ4v) is 4.38. The monoisotopic (exact) mass is 387 g/mol. The minimum Gasteiger partial charge on any atom is -0.378 e. The SMILES string of the molecule is O=C(c1ccc2c(c1)C[C@@]1(CCNC1=O)CC2)N(O)CC(=O)N1CCOCC1. The lowest BCUT2D eigenvalue weighted by Gasteiger charge is -2.32. The van der Waals surface area contributed by atoms with Gasteiger partial charge in [0.25, 0.3) is 5.91 Å². The van der Waals surface area contributed by atoms with E-state index < -0.39 is 5.91 Å². The molecular formula is C20H25N3O5. The molecule has 4 rings (SSSR count). The van der Waals surface area contributed by atoms with Crippen LogP contribution in [0.3, 0.4) is 0 Å². The summed E-state index contributed by atoms with van der Waals surface area (Å²) in [6.07, 6.45) is 3.03. The van der Waals surface area contributed by atoms with E-state index in [4.69, 9.17) is 4.74 Å². The van der Waals surface area contributed by atoms with Gasteiger partial charge in [0.2, 0.25) is 11.8 Å². The maximum absolute atomic E-state index is 12.6. The zero-order chi connectivity index (χ0) is 19.7. The largest absolute Gasteiger partial charge is 0.378 e. The minimum absolute atomic E-state index is 0.0924. The van der Waals surface area contributed by atoms with Crippen molar-refractivity contribution in [1.82, 2.24) is 15.3 Å². The van der Waals surface area contributed by atoms with Gasteiger partial charge in [-0.1, -0.05) is 6.07 Å². The topological polar surface area (TPSA) is 99.2 Å². The first-order valence-electron chi connectivity index (χ1n) is 9.75. The Balaban J connectivity index is 1.45. The molecular weight excluding hydrogens is 362 g/mol. The van der Waals surface area contributed by atoms with Gasteiger partial charge in [-0.05, 0) is 48.9 Å². The van der Waals surface area contributed by atoms with Crippen LogP contribution in [0.4, 0.5) is 0 Å². The van der Waals surface area contributed by atoms with E-state index in [9.17, 15) is 19.6 Å². The number of nitrogens with one attached hydrogen (secondary N) is 1. The van der Waals surface area contributed by atoms with Crippen molar-refractivity contribution in [2.45, 2.75) is 25.7 Å². The Morgan fingerprint density at radius 3 is 2.71 bits per heavy atom. The molecule has 8 heteroatoms. The molecule has 0 bridgehead atoms. The van der Waals surface area contributed by atoms with Gasteiger partial charge in [-0.2, -0.15) is 0 Å². The van der Waals surface area contributed by atoms with Crippen molar-refractivity contribution >= 4 is 17.7 Å². The molecule has 150 valence electrons. The second kappa shape index (κ2) is 7.52. The first-order chi connectivity index (χ1) is 13.5. The molecule has 1 aromatic rings. The van der Waals surface area contributed by atoms with E-state index in [-0.39, 0.29) is 23.8 Å². The molecule has 2 fully saturated rings. The van der Waals surface area contributed by atoms with Crippen LogP contribution in [0.2, 0.25) is 0 Å². The van der Waals surface area contributed by atoms with Crippen LogP contribution in [0.5, 0.6) is 0 Å². The molecule has 3 aliphatic rings. The van der Waals surface area contributed by atoms with Gasteiger partial charge in [0.05, 0.1) is 18.6 Å². The molecule has 0 unspecified atom stereocenters. The Labute approximate surface area is 163 Å². The third kappa shape index (κ3) is 3.49. The maximum Gasteiger partial charge on any atom is 0.277 e. The van der Waals surface area contributed by atoms with E-state index in [1.165, 1.54) is 0 Å². The highest BCUT2D eigenvalue weighted by Crippen LogP contribution is 2.41. The third-order valence-electron chi connectivity index (χ3n) is 6.11. The van der Waals surface area contributed by atoms with Crippen LogP contribution in [-0.2, 0) is 27.2 Å². The molecule has 1 aliphatic carbocycles. The lowest BCUT2D eigenvalue weighted by Crippen LogP contribution is -2.46. The molecule has 2 N–H and O–H groups in total. The van der Waals surface area contributed by atoms with Crippen molar-refractivity contribution in [3.8, 4) is 0 Å². The molecule has 8 nitrogen and oxygen atoms in total. The van der Waals surface area contributed by atoms with Crippen molar-refractivity contribution in [3.05, 3.63) is 34.9 Å². The summed E-state index contributed by atoms with van der Waals surface area (Å²) in [6.45, 7) is 2.16. The van der Waals surface area contributed by atoms with Gasteiger partial charge >= 0.3 is 0 Å². The van der Waals surface area contributed by atoms with E-state index in [2.05, 4.69) is 5.32 Å². The molecule has 2 heterocycles. The smallest absolute Gasteiger partial charge is 0.277 e. The molecule has 3 amide bonds. The van der Waals surface area contributed by atoms with Crippen molar-refractivity contribution < 1.29 is 24.3 Å². The van der Waals surface area contributed by atoms with Crippen LogP contribution >= 0.6 is 0 Å². The van der Waals surface area contributed by atoms with E-state index in [1.54, 1.807) is 17.0 Å². The van der Waals surface area contributed by atoms with Gasteiger partial charge < -0.3 is 15.0 Å². The quantitative estimate of drug-likeness (QED) is 0.577. The second-order valence-corrected chi connectivity index (χ2v) is 7.80. The minimum atomic E-state index is -0.611. The highest BCUT2D eigenvalue weighted by atomic mass is 16.5. The molecule has 1 aromatic carbocycles. The number of amides is 3. The number of nitrogens with zero attached hydrogens (tertiary/aromatic N) is 2. The molecule has 0 radical (unpaired) electrons. The number of hydroxylamine groups is 2.